The summed E-state index contributed by atoms with van der Waals surface area (Å²) < 4.78 is 0. The molecule has 1 rings (SSSR count). The van der Waals surface area contributed by atoms with Crippen molar-refractivity contribution >= 4 is 29.9 Å². The molecule has 5 nitrogen and oxygen atoms in total. The maximum absolute atomic E-state index is 9.45. The second-order valence-corrected chi connectivity index (χ2v) is 7.38. The quantitative estimate of drug-likeness (QED) is 0.262. The molecule has 6 heteroatoms. The zero-order valence-electron chi connectivity index (χ0n) is 16.8. The van der Waals surface area contributed by atoms with Crippen LogP contribution in [0.2, 0.25) is 0 Å². The summed E-state index contributed by atoms with van der Waals surface area (Å²) in [6, 6.07) is 0.575. The van der Waals surface area contributed by atoms with E-state index >= 15 is 0 Å². The first kappa shape index (κ1) is 24.9. The first-order valence-corrected chi connectivity index (χ1v) is 9.94. The smallest absolute Gasteiger partial charge is 0.191 e. The van der Waals surface area contributed by atoms with Crippen molar-refractivity contribution in [2.24, 2.45) is 10.4 Å². The molecule has 0 saturated heterocycles. The second kappa shape index (κ2) is 14.0. The number of aliphatic imine (C=N–C) groups is 1. The van der Waals surface area contributed by atoms with E-state index in [1.165, 1.54) is 32.1 Å². The number of rotatable bonds is 10. The molecule has 0 aromatic carbocycles. The lowest BCUT2D eigenvalue weighted by Crippen LogP contribution is -2.43. The van der Waals surface area contributed by atoms with Crippen LogP contribution >= 0.6 is 24.0 Å². The highest BCUT2D eigenvalue weighted by molar-refractivity contribution is 14.0. The zero-order chi connectivity index (χ0) is 17.8. The van der Waals surface area contributed by atoms with Crippen molar-refractivity contribution in [1.82, 2.24) is 15.5 Å². The van der Waals surface area contributed by atoms with Crippen LogP contribution in [0.4, 0.5) is 0 Å². The monoisotopic (exact) mass is 468 g/mol. The number of halogens is 1. The Morgan fingerprint density at radius 2 is 1.84 bits per heavy atom. The number of nitrogens with one attached hydrogen (secondary N) is 2. The summed E-state index contributed by atoms with van der Waals surface area (Å²) in [5.41, 5.74) is 0.211. The minimum absolute atomic E-state index is 0. The van der Waals surface area contributed by atoms with Crippen LogP contribution in [0.25, 0.3) is 0 Å². The van der Waals surface area contributed by atoms with Gasteiger partial charge in [-0.25, -0.2) is 0 Å². The van der Waals surface area contributed by atoms with Gasteiger partial charge in [-0.05, 0) is 52.0 Å². The van der Waals surface area contributed by atoms with Crippen molar-refractivity contribution in [2.75, 3.05) is 39.3 Å². The third-order valence-electron chi connectivity index (χ3n) is 5.30. The SMILES string of the molecule is CCNC(=NCC1(CCO)CCCCC1)NCCN(CC)C(C)C.I. The van der Waals surface area contributed by atoms with Crippen LogP contribution in [0, 0.1) is 5.41 Å². The number of likely N-dealkylation sites (N-methyl/N-ethyl adjacent to an activating group) is 1. The minimum atomic E-state index is 0. The Balaban J connectivity index is 0.00000576. The molecule has 0 aromatic heterocycles. The Morgan fingerprint density at radius 1 is 1.16 bits per heavy atom. The topological polar surface area (TPSA) is 59.9 Å². The number of aliphatic hydroxyl groups is 1. The van der Waals surface area contributed by atoms with Gasteiger partial charge in [0.25, 0.3) is 0 Å². The van der Waals surface area contributed by atoms with Crippen LogP contribution in [-0.4, -0.2) is 61.3 Å². The lowest BCUT2D eigenvalue weighted by Gasteiger charge is -2.35. The maximum atomic E-state index is 9.45. The molecular weight excluding hydrogens is 427 g/mol. The Bertz CT molecular complexity index is 352. The molecule has 0 bridgehead atoms. The predicted octanol–water partition coefficient (Wildman–Crippen LogP) is 3.22. The number of hydrogen-bond acceptors (Lipinski definition) is 3. The Labute approximate surface area is 172 Å². The average Bonchev–Trinajstić information content (AvgIpc) is 2.57. The van der Waals surface area contributed by atoms with Gasteiger partial charge >= 0.3 is 0 Å². The summed E-state index contributed by atoms with van der Waals surface area (Å²) in [7, 11) is 0. The Morgan fingerprint density at radius 3 is 2.36 bits per heavy atom. The van der Waals surface area contributed by atoms with E-state index in [1.54, 1.807) is 0 Å². The average molecular weight is 468 g/mol. The van der Waals surface area contributed by atoms with Crippen LogP contribution < -0.4 is 10.6 Å². The minimum Gasteiger partial charge on any atom is -0.396 e. The fourth-order valence-electron chi connectivity index (χ4n) is 3.71. The lowest BCUT2D eigenvalue weighted by molar-refractivity contribution is 0.137. The van der Waals surface area contributed by atoms with Gasteiger partial charge in [0.1, 0.15) is 0 Å². The van der Waals surface area contributed by atoms with Gasteiger partial charge in [-0.3, -0.25) is 9.89 Å². The van der Waals surface area contributed by atoms with E-state index < -0.39 is 0 Å². The van der Waals surface area contributed by atoms with E-state index in [9.17, 15) is 5.11 Å². The molecule has 1 fully saturated rings. The summed E-state index contributed by atoms with van der Waals surface area (Å²) in [6.07, 6.45) is 7.17. The second-order valence-electron chi connectivity index (χ2n) is 7.38. The van der Waals surface area contributed by atoms with Crippen molar-refractivity contribution in [2.45, 2.75) is 72.3 Å². The zero-order valence-corrected chi connectivity index (χ0v) is 19.1. The van der Waals surface area contributed by atoms with Crippen molar-refractivity contribution < 1.29 is 5.11 Å². The van der Waals surface area contributed by atoms with Gasteiger partial charge in [0.05, 0.1) is 0 Å². The van der Waals surface area contributed by atoms with Gasteiger partial charge in [-0.15, -0.1) is 24.0 Å². The molecule has 150 valence electrons. The molecule has 0 spiro atoms. The van der Waals surface area contributed by atoms with Gasteiger partial charge in [0.15, 0.2) is 5.96 Å². The molecule has 1 saturated carbocycles. The first-order valence-electron chi connectivity index (χ1n) is 9.94. The summed E-state index contributed by atoms with van der Waals surface area (Å²) >= 11 is 0. The van der Waals surface area contributed by atoms with Crippen LogP contribution in [0.15, 0.2) is 4.99 Å². The largest absolute Gasteiger partial charge is 0.396 e. The molecule has 0 amide bonds. The lowest BCUT2D eigenvalue weighted by atomic mass is 9.72. The van der Waals surface area contributed by atoms with Crippen LogP contribution in [0.1, 0.15) is 66.2 Å². The van der Waals surface area contributed by atoms with E-state index in [1.807, 2.05) is 0 Å². The highest BCUT2D eigenvalue weighted by Crippen LogP contribution is 2.39. The number of hydrogen-bond donors (Lipinski definition) is 3. The molecule has 0 aromatic rings. The van der Waals surface area contributed by atoms with Gasteiger partial charge in [0, 0.05) is 38.8 Å². The summed E-state index contributed by atoms with van der Waals surface area (Å²) in [6.45, 7) is 13.8. The van der Waals surface area contributed by atoms with Crippen molar-refractivity contribution in [3.8, 4) is 0 Å². The van der Waals surface area contributed by atoms with Crippen molar-refractivity contribution in [1.29, 1.82) is 0 Å². The molecule has 1 aliphatic rings. The fraction of sp³-hybridized carbons (Fsp3) is 0.947. The normalized spacial score (nSPS) is 17.5. The van der Waals surface area contributed by atoms with E-state index in [2.05, 4.69) is 43.2 Å². The third kappa shape index (κ3) is 9.43. The molecule has 1 aliphatic carbocycles. The van der Waals surface area contributed by atoms with E-state index in [0.29, 0.717) is 6.04 Å². The highest BCUT2D eigenvalue weighted by atomic mass is 127. The molecular formula is C19H41IN4O. The molecule has 25 heavy (non-hydrogen) atoms. The van der Waals surface area contributed by atoms with Gasteiger partial charge in [-0.2, -0.15) is 0 Å². The number of nitrogens with zero attached hydrogens (tertiary/aromatic N) is 2. The molecule has 0 radical (unpaired) electrons. The molecule has 3 N–H and O–H groups in total. The molecule has 0 aliphatic heterocycles. The number of aliphatic hydroxyl groups excluding tert-OH is 1. The molecule has 0 unspecified atom stereocenters. The van der Waals surface area contributed by atoms with Gasteiger partial charge < -0.3 is 15.7 Å². The summed E-state index contributed by atoms with van der Waals surface area (Å²) in [5, 5.41) is 16.3. The van der Waals surface area contributed by atoms with Crippen molar-refractivity contribution in [3.63, 3.8) is 0 Å². The first-order chi connectivity index (χ1) is 11.6. The molecule has 0 heterocycles. The maximum Gasteiger partial charge on any atom is 0.191 e. The van der Waals surface area contributed by atoms with Gasteiger partial charge in [0.2, 0.25) is 0 Å². The predicted molar refractivity (Wildman–Crippen MR) is 119 cm³/mol. The van der Waals surface area contributed by atoms with Crippen LogP contribution in [0.3, 0.4) is 0 Å². The van der Waals surface area contributed by atoms with Crippen molar-refractivity contribution in [3.05, 3.63) is 0 Å². The summed E-state index contributed by atoms with van der Waals surface area (Å²) in [5.74, 6) is 0.917. The van der Waals surface area contributed by atoms with Crippen LogP contribution in [0.5, 0.6) is 0 Å². The Hall–Kier alpha value is -0.0800. The van der Waals surface area contributed by atoms with E-state index in [0.717, 1.165) is 45.1 Å². The summed E-state index contributed by atoms with van der Waals surface area (Å²) in [4.78, 5) is 7.31. The van der Waals surface area contributed by atoms with Gasteiger partial charge in [-0.1, -0.05) is 26.2 Å². The highest BCUT2D eigenvalue weighted by Gasteiger charge is 2.31. The Kier molecular flexibility index (Phi) is 14.0. The van der Waals surface area contributed by atoms with E-state index in [-0.39, 0.29) is 36.0 Å². The van der Waals surface area contributed by atoms with Crippen LogP contribution in [-0.2, 0) is 0 Å². The standard InChI is InChI=1S/C19H40N4O.HI/c1-5-20-18(21-13-14-23(6-2)17(3)4)22-16-19(12-15-24)10-8-7-9-11-19;/h17,24H,5-16H2,1-4H3,(H2,20,21,22);1H. The van der Waals surface area contributed by atoms with E-state index in [4.69, 9.17) is 4.99 Å². The number of guanidine groups is 1. The molecule has 0 atom stereocenters. The third-order valence-corrected chi connectivity index (χ3v) is 5.30. The fourth-order valence-corrected chi connectivity index (χ4v) is 3.71.